The van der Waals surface area contributed by atoms with Gasteiger partial charge in [-0.15, -0.1) is 0 Å². The number of aromatic nitrogens is 5. The number of rotatable bonds is 3. The third-order valence-electron chi connectivity index (χ3n) is 5.66. The minimum Gasteiger partial charge on any atom is -0.481 e. The number of anilines is 2. The van der Waals surface area contributed by atoms with Crippen LogP contribution in [0.5, 0.6) is 5.88 Å². The van der Waals surface area contributed by atoms with Crippen LogP contribution in [-0.2, 0) is 0 Å². The zero-order valence-corrected chi connectivity index (χ0v) is 15.2. The largest absolute Gasteiger partial charge is 0.481 e. The molecular weight excluding hydrogens is 342 g/mol. The summed E-state index contributed by atoms with van der Waals surface area (Å²) in [5.41, 5.74) is 0.884. The summed E-state index contributed by atoms with van der Waals surface area (Å²) in [7, 11) is 1.63. The van der Waals surface area contributed by atoms with E-state index in [-0.39, 0.29) is 0 Å². The maximum absolute atomic E-state index is 5.26. The highest BCUT2D eigenvalue weighted by atomic mass is 16.5. The average molecular weight is 363 g/mol. The summed E-state index contributed by atoms with van der Waals surface area (Å²) >= 11 is 0. The van der Waals surface area contributed by atoms with E-state index in [1.54, 1.807) is 38.1 Å². The summed E-state index contributed by atoms with van der Waals surface area (Å²) in [6, 6.07) is 4.17. The Bertz CT molecular complexity index is 960. The van der Waals surface area contributed by atoms with E-state index in [1.165, 1.54) is 6.42 Å². The fourth-order valence-corrected chi connectivity index (χ4v) is 4.31. The maximum atomic E-state index is 5.26. The van der Waals surface area contributed by atoms with Crippen LogP contribution in [0.2, 0.25) is 0 Å². The van der Waals surface area contributed by atoms with Crippen LogP contribution in [0, 0.1) is 5.92 Å². The molecule has 2 atom stereocenters. The van der Waals surface area contributed by atoms with Crippen molar-refractivity contribution < 1.29 is 4.74 Å². The van der Waals surface area contributed by atoms with Gasteiger partial charge in [-0.3, -0.25) is 4.98 Å². The fraction of sp³-hybridized carbons (Fsp3) is 0.421. The highest BCUT2D eigenvalue weighted by Gasteiger charge is 2.40. The molecule has 0 radical (unpaired) electrons. The molecule has 2 aliphatic rings. The van der Waals surface area contributed by atoms with Crippen LogP contribution in [0.25, 0.3) is 10.9 Å². The predicted octanol–water partition coefficient (Wildman–Crippen LogP) is 1.93. The Hall–Kier alpha value is -3.03. The number of pyridine rings is 1. The Morgan fingerprint density at radius 3 is 2.93 bits per heavy atom. The molecule has 3 aromatic rings. The van der Waals surface area contributed by atoms with Crippen LogP contribution in [0.4, 0.5) is 11.8 Å². The Balaban J connectivity index is 1.46. The van der Waals surface area contributed by atoms with E-state index in [4.69, 9.17) is 4.74 Å². The molecule has 2 unspecified atom stereocenters. The topological polar surface area (TPSA) is 80.2 Å². The number of fused-ring (bicyclic) bond motifs is 2. The Morgan fingerprint density at radius 2 is 2.00 bits per heavy atom. The van der Waals surface area contributed by atoms with Gasteiger partial charge in [0.1, 0.15) is 12.1 Å². The molecule has 0 saturated carbocycles. The number of ether oxygens (including phenoxy) is 1. The summed E-state index contributed by atoms with van der Waals surface area (Å²) < 4.78 is 5.26. The van der Waals surface area contributed by atoms with E-state index in [0.29, 0.717) is 17.8 Å². The van der Waals surface area contributed by atoms with E-state index in [1.807, 2.05) is 6.07 Å². The Morgan fingerprint density at radius 1 is 1.07 bits per heavy atom. The van der Waals surface area contributed by atoms with Crippen LogP contribution < -0.4 is 14.5 Å². The Labute approximate surface area is 157 Å². The van der Waals surface area contributed by atoms with Gasteiger partial charge in [0.2, 0.25) is 11.8 Å². The lowest BCUT2D eigenvalue weighted by atomic mass is 9.92. The van der Waals surface area contributed by atoms with Gasteiger partial charge in [-0.2, -0.15) is 4.98 Å². The van der Waals surface area contributed by atoms with Crippen molar-refractivity contribution in [1.29, 1.82) is 0 Å². The molecule has 0 amide bonds. The number of piperidine rings is 1. The second-order valence-corrected chi connectivity index (χ2v) is 7.03. The van der Waals surface area contributed by atoms with Crippen LogP contribution in [0.15, 0.2) is 37.1 Å². The smallest absolute Gasteiger partial charge is 0.228 e. The molecule has 27 heavy (non-hydrogen) atoms. The molecule has 138 valence electrons. The van der Waals surface area contributed by atoms with Gasteiger partial charge in [0.15, 0.2) is 0 Å². The van der Waals surface area contributed by atoms with Crippen molar-refractivity contribution >= 4 is 22.7 Å². The molecule has 0 bridgehead atoms. The summed E-state index contributed by atoms with van der Waals surface area (Å²) in [5.74, 6) is 3.00. The van der Waals surface area contributed by atoms with Gasteiger partial charge >= 0.3 is 0 Å². The van der Waals surface area contributed by atoms with Crippen molar-refractivity contribution in [1.82, 2.24) is 24.9 Å². The summed E-state index contributed by atoms with van der Waals surface area (Å²) in [4.78, 5) is 26.8. The van der Waals surface area contributed by atoms with Crippen molar-refractivity contribution in [2.75, 3.05) is 36.5 Å². The first kappa shape index (κ1) is 16.2. The highest BCUT2D eigenvalue weighted by molar-refractivity contribution is 5.88. The van der Waals surface area contributed by atoms with Gasteiger partial charge < -0.3 is 14.5 Å². The zero-order chi connectivity index (χ0) is 18.2. The molecule has 0 aromatic carbocycles. The normalized spacial score (nSPS) is 22.1. The summed E-state index contributed by atoms with van der Waals surface area (Å²) in [5, 5.41) is 1.06. The molecule has 2 saturated heterocycles. The molecule has 0 spiro atoms. The van der Waals surface area contributed by atoms with Gasteiger partial charge in [-0.25, -0.2) is 15.0 Å². The molecule has 2 fully saturated rings. The first-order valence-electron chi connectivity index (χ1n) is 9.27. The highest BCUT2D eigenvalue weighted by Crippen LogP contribution is 2.37. The van der Waals surface area contributed by atoms with Gasteiger partial charge in [0, 0.05) is 43.5 Å². The SMILES string of the molecule is COc1ccnc(N2CCC3CCN(c4ncnc5cnccc45)C3C2)n1. The minimum absolute atomic E-state index is 0.389. The first-order chi connectivity index (χ1) is 13.3. The second-order valence-electron chi connectivity index (χ2n) is 7.03. The predicted molar refractivity (Wildman–Crippen MR) is 102 cm³/mol. The summed E-state index contributed by atoms with van der Waals surface area (Å²) in [6.45, 7) is 2.86. The average Bonchev–Trinajstić information content (AvgIpc) is 3.16. The quantitative estimate of drug-likeness (QED) is 0.698. The van der Waals surface area contributed by atoms with Crippen LogP contribution >= 0.6 is 0 Å². The lowest BCUT2D eigenvalue weighted by Gasteiger charge is -2.39. The monoisotopic (exact) mass is 363 g/mol. The first-order valence-corrected chi connectivity index (χ1v) is 9.27. The maximum Gasteiger partial charge on any atom is 0.228 e. The Kier molecular flexibility index (Phi) is 3.95. The van der Waals surface area contributed by atoms with E-state index in [9.17, 15) is 0 Å². The van der Waals surface area contributed by atoms with E-state index < -0.39 is 0 Å². The van der Waals surface area contributed by atoms with E-state index >= 15 is 0 Å². The third-order valence-corrected chi connectivity index (χ3v) is 5.66. The lowest BCUT2D eigenvalue weighted by Crippen LogP contribution is -2.49. The fourth-order valence-electron chi connectivity index (χ4n) is 4.31. The molecule has 5 heterocycles. The van der Waals surface area contributed by atoms with Crippen molar-refractivity contribution in [3.05, 3.63) is 37.1 Å². The molecule has 0 N–H and O–H groups in total. The van der Waals surface area contributed by atoms with Gasteiger partial charge in [0.05, 0.1) is 24.9 Å². The summed E-state index contributed by atoms with van der Waals surface area (Å²) in [6.07, 6.45) is 9.31. The minimum atomic E-state index is 0.389. The molecule has 0 aliphatic carbocycles. The van der Waals surface area contributed by atoms with Crippen LogP contribution in [0.3, 0.4) is 0 Å². The van der Waals surface area contributed by atoms with Crippen molar-refractivity contribution in [2.45, 2.75) is 18.9 Å². The van der Waals surface area contributed by atoms with Crippen LogP contribution in [-0.4, -0.2) is 57.7 Å². The number of hydrogen-bond donors (Lipinski definition) is 0. The van der Waals surface area contributed by atoms with Gasteiger partial charge in [-0.1, -0.05) is 0 Å². The molecular formula is C19H21N7O. The van der Waals surface area contributed by atoms with Gasteiger partial charge in [0.25, 0.3) is 0 Å². The zero-order valence-electron chi connectivity index (χ0n) is 15.2. The van der Waals surface area contributed by atoms with Crippen molar-refractivity contribution in [2.24, 2.45) is 5.92 Å². The molecule has 8 nitrogen and oxygen atoms in total. The molecule has 8 heteroatoms. The standard InChI is InChI=1S/C19H21N7O/c1-27-17-3-7-21-19(24-17)25-8-4-13-5-9-26(16(13)11-25)18-14-2-6-20-10-15(14)22-12-23-18/h2-3,6-7,10,12-13,16H,4-5,8-9,11H2,1H3. The molecule has 5 rings (SSSR count). The second kappa shape index (κ2) is 6.61. The van der Waals surface area contributed by atoms with Crippen molar-refractivity contribution in [3.8, 4) is 5.88 Å². The number of hydrogen-bond acceptors (Lipinski definition) is 8. The van der Waals surface area contributed by atoms with Crippen molar-refractivity contribution in [3.63, 3.8) is 0 Å². The van der Waals surface area contributed by atoms with Crippen LogP contribution in [0.1, 0.15) is 12.8 Å². The molecule has 3 aromatic heterocycles. The lowest BCUT2D eigenvalue weighted by molar-refractivity contribution is 0.379. The number of nitrogens with zero attached hydrogens (tertiary/aromatic N) is 7. The van der Waals surface area contributed by atoms with E-state index in [2.05, 4.69) is 34.7 Å². The third kappa shape index (κ3) is 2.81. The van der Waals surface area contributed by atoms with E-state index in [0.717, 1.165) is 48.7 Å². The van der Waals surface area contributed by atoms with Gasteiger partial charge in [-0.05, 0) is 24.8 Å². The number of methoxy groups -OCH3 is 1. The molecule has 2 aliphatic heterocycles.